The average Bonchev–Trinajstić information content (AvgIpc) is 1.80. The van der Waals surface area contributed by atoms with Gasteiger partial charge in [-0.05, 0) is 25.3 Å². The van der Waals surface area contributed by atoms with Gasteiger partial charge in [0.25, 0.3) is 0 Å². The van der Waals surface area contributed by atoms with Crippen molar-refractivity contribution in [1.82, 2.24) is 10.2 Å². The van der Waals surface area contributed by atoms with E-state index in [1.165, 1.54) is 25.9 Å². The molecule has 2 heteroatoms. The summed E-state index contributed by atoms with van der Waals surface area (Å²) in [6, 6.07) is 1.61. The Balaban J connectivity index is 1.64. The summed E-state index contributed by atoms with van der Waals surface area (Å²) in [7, 11) is 2.18. The Bertz CT molecular complexity index is 163. The van der Waals surface area contributed by atoms with Crippen molar-refractivity contribution in [3.05, 3.63) is 0 Å². The third-order valence-corrected chi connectivity index (χ3v) is 3.13. The van der Waals surface area contributed by atoms with E-state index in [2.05, 4.69) is 31.1 Å². The number of nitrogens with one attached hydrogen (secondary N) is 1. The molecule has 0 atom stereocenters. The van der Waals surface area contributed by atoms with Crippen molar-refractivity contribution in [2.75, 3.05) is 20.1 Å². The van der Waals surface area contributed by atoms with Gasteiger partial charge < -0.3 is 10.2 Å². The van der Waals surface area contributed by atoms with E-state index in [0.717, 1.165) is 12.1 Å². The number of hydrogen-bond donors (Lipinski definition) is 1. The summed E-state index contributed by atoms with van der Waals surface area (Å²) in [4.78, 5) is 2.36. The smallest absolute Gasteiger partial charge is 0.0324 e. The van der Waals surface area contributed by atoms with Gasteiger partial charge in [-0.3, -0.25) is 0 Å². The summed E-state index contributed by atoms with van der Waals surface area (Å²) >= 11 is 0. The molecule has 1 aliphatic carbocycles. The van der Waals surface area contributed by atoms with Crippen LogP contribution in [0.3, 0.4) is 0 Å². The molecule has 1 aliphatic heterocycles. The fraction of sp³-hybridized carbons (Fsp3) is 1.00. The Morgan fingerprint density at radius 1 is 1.17 bits per heavy atom. The maximum atomic E-state index is 3.70. The molecule has 2 rings (SSSR count). The molecule has 2 fully saturated rings. The molecule has 2 nitrogen and oxygen atoms in total. The minimum atomic E-state index is 0.618. The maximum Gasteiger partial charge on any atom is 0.0324 e. The van der Waals surface area contributed by atoms with Crippen molar-refractivity contribution in [3.8, 4) is 0 Å². The summed E-state index contributed by atoms with van der Waals surface area (Å²) in [5.74, 6) is 0. The number of likely N-dealkylation sites (N-methyl/N-ethyl adjacent to an activating group) is 1. The lowest BCUT2D eigenvalue weighted by Gasteiger charge is -2.48. The van der Waals surface area contributed by atoms with Gasteiger partial charge in [-0.2, -0.15) is 0 Å². The van der Waals surface area contributed by atoms with Gasteiger partial charge >= 0.3 is 0 Å². The molecule has 12 heavy (non-hydrogen) atoms. The highest BCUT2D eigenvalue weighted by Gasteiger charge is 2.38. The van der Waals surface area contributed by atoms with Crippen LogP contribution in [-0.2, 0) is 0 Å². The SMILES string of the molecule is CN1CC(NC2CC(C)(C)C2)C1. The van der Waals surface area contributed by atoms with E-state index in [1.807, 2.05) is 0 Å². The lowest BCUT2D eigenvalue weighted by Crippen LogP contribution is -2.61. The largest absolute Gasteiger partial charge is 0.309 e. The first-order valence-corrected chi connectivity index (χ1v) is 5.00. The first-order valence-electron chi connectivity index (χ1n) is 5.00. The quantitative estimate of drug-likeness (QED) is 0.663. The number of likely N-dealkylation sites (tertiary alicyclic amines) is 1. The van der Waals surface area contributed by atoms with E-state index < -0.39 is 0 Å². The second kappa shape index (κ2) is 2.71. The minimum Gasteiger partial charge on any atom is -0.309 e. The van der Waals surface area contributed by atoms with Crippen LogP contribution in [0.2, 0.25) is 0 Å². The molecule has 0 bridgehead atoms. The van der Waals surface area contributed by atoms with Gasteiger partial charge in [0.15, 0.2) is 0 Å². The monoisotopic (exact) mass is 168 g/mol. The van der Waals surface area contributed by atoms with Crippen LogP contribution in [-0.4, -0.2) is 37.1 Å². The van der Waals surface area contributed by atoms with Gasteiger partial charge in [0.05, 0.1) is 0 Å². The van der Waals surface area contributed by atoms with Crippen molar-refractivity contribution in [1.29, 1.82) is 0 Å². The van der Waals surface area contributed by atoms with E-state index in [-0.39, 0.29) is 0 Å². The Morgan fingerprint density at radius 2 is 1.75 bits per heavy atom. The molecule has 70 valence electrons. The van der Waals surface area contributed by atoms with Crippen LogP contribution in [0.15, 0.2) is 0 Å². The molecule has 0 amide bonds. The number of hydrogen-bond acceptors (Lipinski definition) is 2. The number of rotatable bonds is 2. The predicted molar refractivity (Wildman–Crippen MR) is 51.2 cm³/mol. The molecule has 0 spiro atoms. The van der Waals surface area contributed by atoms with Gasteiger partial charge in [-0.15, -0.1) is 0 Å². The molecule has 0 unspecified atom stereocenters. The van der Waals surface area contributed by atoms with Crippen LogP contribution >= 0.6 is 0 Å². The lowest BCUT2D eigenvalue weighted by atomic mass is 9.68. The summed E-state index contributed by atoms with van der Waals surface area (Å²) in [6.07, 6.45) is 2.74. The zero-order valence-corrected chi connectivity index (χ0v) is 8.43. The van der Waals surface area contributed by atoms with Crippen LogP contribution < -0.4 is 5.32 Å². The second-order valence-corrected chi connectivity index (χ2v) is 5.35. The standard InChI is InChI=1S/C10H20N2/c1-10(2)4-8(5-10)11-9-6-12(3)7-9/h8-9,11H,4-7H2,1-3H3. The minimum absolute atomic E-state index is 0.618. The summed E-state index contributed by atoms with van der Waals surface area (Å²) in [5, 5.41) is 3.70. The van der Waals surface area contributed by atoms with Gasteiger partial charge in [-0.25, -0.2) is 0 Å². The van der Waals surface area contributed by atoms with Crippen molar-refractivity contribution < 1.29 is 0 Å². The molecule has 0 radical (unpaired) electrons. The van der Waals surface area contributed by atoms with Gasteiger partial charge in [0.1, 0.15) is 0 Å². The summed E-state index contributed by atoms with van der Waals surface area (Å²) in [5.41, 5.74) is 0.618. The zero-order chi connectivity index (χ0) is 8.77. The van der Waals surface area contributed by atoms with E-state index >= 15 is 0 Å². The molecule has 1 heterocycles. The summed E-state index contributed by atoms with van der Waals surface area (Å²) < 4.78 is 0. The topological polar surface area (TPSA) is 15.3 Å². The van der Waals surface area contributed by atoms with E-state index in [4.69, 9.17) is 0 Å². The lowest BCUT2D eigenvalue weighted by molar-refractivity contribution is 0.0765. The van der Waals surface area contributed by atoms with Crippen LogP contribution in [0.25, 0.3) is 0 Å². The van der Waals surface area contributed by atoms with Crippen LogP contribution in [0.1, 0.15) is 26.7 Å². The highest BCUT2D eigenvalue weighted by molar-refractivity contribution is 4.95. The highest BCUT2D eigenvalue weighted by Crippen LogP contribution is 2.40. The van der Waals surface area contributed by atoms with Crippen molar-refractivity contribution in [2.24, 2.45) is 5.41 Å². The van der Waals surface area contributed by atoms with Crippen LogP contribution in [0, 0.1) is 5.41 Å². The molecule has 0 aromatic carbocycles. The van der Waals surface area contributed by atoms with E-state index in [0.29, 0.717) is 5.41 Å². The van der Waals surface area contributed by atoms with Gasteiger partial charge in [-0.1, -0.05) is 13.8 Å². The molecule has 1 saturated heterocycles. The third kappa shape index (κ3) is 1.64. The fourth-order valence-corrected chi connectivity index (χ4v) is 2.53. The van der Waals surface area contributed by atoms with Gasteiger partial charge in [0.2, 0.25) is 0 Å². The summed E-state index contributed by atoms with van der Waals surface area (Å²) in [6.45, 7) is 7.21. The Labute approximate surface area is 75.3 Å². The number of nitrogens with zero attached hydrogens (tertiary/aromatic N) is 1. The third-order valence-electron chi connectivity index (χ3n) is 3.13. The Hall–Kier alpha value is -0.0800. The predicted octanol–water partition coefficient (Wildman–Crippen LogP) is 1.08. The van der Waals surface area contributed by atoms with Crippen LogP contribution in [0.5, 0.6) is 0 Å². The zero-order valence-electron chi connectivity index (χ0n) is 8.43. The molecular weight excluding hydrogens is 148 g/mol. The Morgan fingerprint density at radius 3 is 2.17 bits per heavy atom. The average molecular weight is 168 g/mol. The molecular formula is C10H20N2. The van der Waals surface area contributed by atoms with E-state index in [9.17, 15) is 0 Å². The first kappa shape index (κ1) is 8.52. The first-order chi connectivity index (χ1) is 5.55. The van der Waals surface area contributed by atoms with E-state index in [1.54, 1.807) is 0 Å². The van der Waals surface area contributed by atoms with Gasteiger partial charge in [0, 0.05) is 25.2 Å². The Kier molecular flexibility index (Phi) is 1.92. The van der Waals surface area contributed by atoms with Crippen molar-refractivity contribution in [3.63, 3.8) is 0 Å². The fourth-order valence-electron chi connectivity index (χ4n) is 2.53. The maximum absolute atomic E-state index is 3.70. The second-order valence-electron chi connectivity index (χ2n) is 5.35. The van der Waals surface area contributed by atoms with Crippen LogP contribution in [0.4, 0.5) is 0 Å². The molecule has 1 N–H and O–H groups in total. The van der Waals surface area contributed by atoms with Crippen molar-refractivity contribution >= 4 is 0 Å². The molecule has 0 aromatic heterocycles. The highest BCUT2D eigenvalue weighted by atomic mass is 15.2. The normalized spacial score (nSPS) is 31.2. The molecule has 1 saturated carbocycles. The molecule has 2 aliphatic rings. The van der Waals surface area contributed by atoms with Crippen molar-refractivity contribution in [2.45, 2.75) is 38.8 Å². The molecule has 0 aromatic rings.